The maximum absolute atomic E-state index is 14.6. The number of unbranched alkanes of at least 4 members (excludes halogenated alkanes) is 2. The highest BCUT2D eigenvalue weighted by atomic mass is 16.5. The van der Waals surface area contributed by atoms with Gasteiger partial charge in [0.05, 0.1) is 16.9 Å². The van der Waals surface area contributed by atoms with Gasteiger partial charge in [0.25, 0.3) is 5.56 Å². The Bertz CT molecular complexity index is 1200. The SMILES string of the molecule is CCCCCC(=O)NNc1nc2c(c(=O)n1[C@H]1CCOC(C)(C)C1)C1(CCCCC1)Cc1ccccc1-2. The quantitative estimate of drug-likeness (QED) is 0.365. The first-order valence-corrected chi connectivity index (χ1v) is 14.3. The van der Waals surface area contributed by atoms with Gasteiger partial charge in [0.15, 0.2) is 0 Å². The Kier molecular flexibility index (Phi) is 7.44. The average molecular weight is 507 g/mol. The van der Waals surface area contributed by atoms with Crippen LogP contribution in [0, 0.1) is 0 Å². The molecule has 1 saturated carbocycles. The molecular weight excluding hydrogens is 464 g/mol. The second-order valence-electron chi connectivity index (χ2n) is 11.9. The van der Waals surface area contributed by atoms with Crippen molar-refractivity contribution >= 4 is 11.9 Å². The molecule has 2 fully saturated rings. The van der Waals surface area contributed by atoms with E-state index in [9.17, 15) is 9.59 Å². The molecule has 37 heavy (non-hydrogen) atoms. The number of carbonyl (C=O) groups excluding carboxylic acids is 1. The molecule has 2 aromatic rings. The highest BCUT2D eigenvalue weighted by molar-refractivity contribution is 5.77. The van der Waals surface area contributed by atoms with Gasteiger partial charge in [-0.3, -0.25) is 25.0 Å². The standard InChI is InChI=1S/C30H42N4O3/c1-4-5-7-14-24(35)32-33-28-31-26-23-13-9-8-12-21(23)19-30(16-10-6-11-17-30)25(26)27(36)34(28)22-15-18-37-29(2,3)20-22/h8-9,12-13,22H,4-7,10-11,14-20H2,1-3H3,(H,31,33)(H,32,35)/t22-/m0/s1. The topological polar surface area (TPSA) is 85.3 Å². The van der Waals surface area contributed by atoms with Gasteiger partial charge in [-0.15, -0.1) is 0 Å². The number of rotatable bonds is 7. The van der Waals surface area contributed by atoms with E-state index >= 15 is 0 Å². The van der Waals surface area contributed by atoms with Crippen LogP contribution in [-0.4, -0.2) is 27.7 Å². The Morgan fingerprint density at radius 3 is 2.70 bits per heavy atom. The number of ether oxygens (including phenoxy) is 1. The van der Waals surface area contributed by atoms with Crippen molar-refractivity contribution < 1.29 is 9.53 Å². The zero-order valence-electron chi connectivity index (χ0n) is 22.7. The summed E-state index contributed by atoms with van der Waals surface area (Å²) in [5, 5.41) is 0. The second-order valence-corrected chi connectivity index (χ2v) is 11.9. The van der Waals surface area contributed by atoms with Crippen molar-refractivity contribution in [3.05, 3.63) is 45.7 Å². The molecule has 1 amide bonds. The summed E-state index contributed by atoms with van der Waals surface area (Å²) in [6, 6.07) is 8.34. The lowest BCUT2D eigenvalue weighted by atomic mass is 9.62. The lowest BCUT2D eigenvalue weighted by Crippen LogP contribution is -2.46. The number of hydrogen-bond acceptors (Lipinski definition) is 5. The largest absolute Gasteiger partial charge is 0.375 e. The Morgan fingerprint density at radius 2 is 1.95 bits per heavy atom. The molecule has 0 unspecified atom stereocenters. The molecule has 0 radical (unpaired) electrons. The minimum Gasteiger partial charge on any atom is -0.375 e. The minimum atomic E-state index is -0.325. The maximum atomic E-state index is 14.6. The molecule has 200 valence electrons. The van der Waals surface area contributed by atoms with Gasteiger partial charge >= 0.3 is 0 Å². The Hall–Kier alpha value is -2.67. The molecule has 2 aliphatic carbocycles. The van der Waals surface area contributed by atoms with Gasteiger partial charge in [-0.05, 0) is 57.9 Å². The second kappa shape index (κ2) is 10.6. The van der Waals surface area contributed by atoms with Crippen LogP contribution >= 0.6 is 0 Å². The zero-order valence-corrected chi connectivity index (χ0v) is 22.7. The number of hydrazine groups is 1. The number of nitrogens with one attached hydrogen (secondary N) is 2. The van der Waals surface area contributed by atoms with Crippen LogP contribution in [0.1, 0.15) is 109 Å². The van der Waals surface area contributed by atoms with Gasteiger partial charge < -0.3 is 4.74 Å². The van der Waals surface area contributed by atoms with Crippen molar-refractivity contribution in [3.8, 4) is 11.3 Å². The van der Waals surface area contributed by atoms with Gasteiger partial charge in [0.2, 0.25) is 11.9 Å². The van der Waals surface area contributed by atoms with E-state index in [1.807, 2.05) is 10.6 Å². The van der Waals surface area contributed by atoms with Crippen LogP contribution in [0.25, 0.3) is 11.3 Å². The normalized spacial score (nSPS) is 21.6. The van der Waals surface area contributed by atoms with Crippen molar-refractivity contribution in [2.75, 3.05) is 12.0 Å². The average Bonchev–Trinajstić information content (AvgIpc) is 2.87. The lowest BCUT2D eigenvalue weighted by Gasteiger charge is -2.43. The number of hydrogen-bond donors (Lipinski definition) is 2. The fourth-order valence-electron chi connectivity index (χ4n) is 6.79. The predicted molar refractivity (Wildman–Crippen MR) is 147 cm³/mol. The minimum absolute atomic E-state index is 0.0480. The molecule has 1 saturated heterocycles. The zero-order chi connectivity index (χ0) is 26.0. The number of amides is 1. The predicted octanol–water partition coefficient (Wildman–Crippen LogP) is 5.82. The van der Waals surface area contributed by atoms with Gasteiger partial charge in [-0.25, -0.2) is 4.98 Å². The van der Waals surface area contributed by atoms with E-state index in [2.05, 4.69) is 49.8 Å². The van der Waals surface area contributed by atoms with E-state index in [0.717, 1.165) is 81.0 Å². The Labute approximate surface area is 220 Å². The van der Waals surface area contributed by atoms with Crippen molar-refractivity contribution in [1.82, 2.24) is 15.0 Å². The number of carbonyl (C=O) groups is 1. The number of benzene rings is 1. The molecule has 3 aliphatic rings. The van der Waals surface area contributed by atoms with Crippen LogP contribution in [0.2, 0.25) is 0 Å². The van der Waals surface area contributed by atoms with Crippen LogP contribution < -0.4 is 16.4 Å². The molecule has 1 aromatic carbocycles. The number of anilines is 1. The molecule has 0 bridgehead atoms. The van der Waals surface area contributed by atoms with Crippen LogP contribution in [0.4, 0.5) is 5.95 Å². The van der Waals surface area contributed by atoms with Crippen LogP contribution in [-0.2, 0) is 21.4 Å². The number of nitrogens with zero attached hydrogens (tertiary/aromatic N) is 2. The lowest BCUT2D eigenvalue weighted by molar-refractivity contribution is -0.120. The van der Waals surface area contributed by atoms with E-state index in [-0.39, 0.29) is 28.5 Å². The van der Waals surface area contributed by atoms with Gasteiger partial charge in [-0.1, -0.05) is 63.3 Å². The molecule has 1 spiro atoms. The van der Waals surface area contributed by atoms with Crippen LogP contribution in [0.15, 0.2) is 29.1 Å². The number of aromatic nitrogens is 2. The van der Waals surface area contributed by atoms with Crippen molar-refractivity contribution in [1.29, 1.82) is 0 Å². The summed E-state index contributed by atoms with van der Waals surface area (Å²) in [6.07, 6.45) is 11.3. The van der Waals surface area contributed by atoms with E-state index in [0.29, 0.717) is 19.0 Å². The fourth-order valence-corrected chi connectivity index (χ4v) is 6.79. The highest BCUT2D eigenvalue weighted by Gasteiger charge is 2.44. The molecule has 2 heterocycles. The summed E-state index contributed by atoms with van der Waals surface area (Å²) in [5.41, 5.74) is 9.47. The molecule has 7 heteroatoms. The summed E-state index contributed by atoms with van der Waals surface area (Å²) >= 11 is 0. The van der Waals surface area contributed by atoms with Gasteiger partial charge in [-0.2, -0.15) is 0 Å². The molecular formula is C30H42N4O3. The molecule has 2 N–H and O–H groups in total. The smallest absolute Gasteiger partial charge is 0.259 e. The molecule has 1 aliphatic heterocycles. The monoisotopic (exact) mass is 506 g/mol. The van der Waals surface area contributed by atoms with Crippen molar-refractivity contribution in [3.63, 3.8) is 0 Å². The molecule has 1 aromatic heterocycles. The van der Waals surface area contributed by atoms with E-state index < -0.39 is 0 Å². The van der Waals surface area contributed by atoms with Crippen LogP contribution in [0.3, 0.4) is 0 Å². The molecule has 5 rings (SSSR count). The maximum Gasteiger partial charge on any atom is 0.259 e. The van der Waals surface area contributed by atoms with Gasteiger partial charge in [0, 0.05) is 30.0 Å². The van der Waals surface area contributed by atoms with E-state index in [1.54, 1.807) is 0 Å². The first kappa shape index (κ1) is 26.0. The van der Waals surface area contributed by atoms with Crippen LogP contribution in [0.5, 0.6) is 0 Å². The van der Waals surface area contributed by atoms with Crippen molar-refractivity contribution in [2.45, 2.75) is 115 Å². The first-order chi connectivity index (χ1) is 17.8. The summed E-state index contributed by atoms with van der Waals surface area (Å²) in [4.78, 5) is 32.4. The first-order valence-electron chi connectivity index (χ1n) is 14.3. The van der Waals surface area contributed by atoms with E-state index in [4.69, 9.17) is 9.72 Å². The van der Waals surface area contributed by atoms with Crippen molar-refractivity contribution in [2.24, 2.45) is 0 Å². The fraction of sp³-hybridized carbons (Fsp3) is 0.633. The third-order valence-electron chi connectivity index (χ3n) is 8.62. The highest BCUT2D eigenvalue weighted by Crippen LogP contribution is 2.49. The number of fused-ring (bicyclic) bond motifs is 4. The Morgan fingerprint density at radius 1 is 1.16 bits per heavy atom. The summed E-state index contributed by atoms with van der Waals surface area (Å²) < 4.78 is 7.84. The Balaban J connectivity index is 1.62. The summed E-state index contributed by atoms with van der Waals surface area (Å²) in [6.45, 7) is 6.88. The third-order valence-corrected chi connectivity index (χ3v) is 8.62. The summed E-state index contributed by atoms with van der Waals surface area (Å²) in [7, 11) is 0. The molecule has 1 atom stereocenters. The van der Waals surface area contributed by atoms with Gasteiger partial charge in [0.1, 0.15) is 0 Å². The third kappa shape index (κ3) is 5.20. The molecule has 7 nitrogen and oxygen atoms in total. The summed E-state index contributed by atoms with van der Waals surface area (Å²) in [5.74, 6) is 0.349. The van der Waals surface area contributed by atoms with E-state index in [1.165, 1.54) is 12.0 Å².